The van der Waals surface area contributed by atoms with Crippen molar-refractivity contribution in [2.24, 2.45) is 35.5 Å². The summed E-state index contributed by atoms with van der Waals surface area (Å²) in [7, 11) is 0. The molecular formula is C15H32. The van der Waals surface area contributed by atoms with Crippen molar-refractivity contribution in [2.45, 2.75) is 61.8 Å². The minimum absolute atomic E-state index is 0.819. The first-order valence-electron chi connectivity index (χ1n) is 6.77. The summed E-state index contributed by atoms with van der Waals surface area (Å²) in [5.41, 5.74) is 0. The first kappa shape index (κ1) is 15.0. The van der Waals surface area contributed by atoms with Gasteiger partial charge in [0.05, 0.1) is 0 Å². The second kappa shape index (κ2) is 6.55. The Bertz CT molecular complexity index is 147. The number of hydrogen-bond donors (Lipinski definition) is 0. The fourth-order valence-electron chi connectivity index (χ4n) is 3.10. The van der Waals surface area contributed by atoms with Gasteiger partial charge >= 0.3 is 0 Å². The van der Waals surface area contributed by atoms with Gasteiger partial charge in [0.15, 0.2) is 0 Å². The highest BCUT2D eigenvalue weighted by atomic mass is 14.3. The van der Waals surface area contributed by atoms with Gasteiger partial charge in [-0.25, -0.2) is 0 Å². The Labute approximate surface area is 97.8 Å². The van der Waals surface area contributed by atoms with E-state index in [1.54, 1.807) is 0 Å². The van der Waals surface area contributed by atoms with Gasteiger partial charge in [-0.2, -0.15) is 0 Å². The van der Waals surface area contributed by atoms with Crippen molar-refractivity contribution in [3.05, 3.63) is 0 Å². The van der Waals surface area contributed by atoms with E-state index in [0.29, 0.717) is 0 Å². The third-order valence-corrected chi connectivity index (χ3v) is 4.08. The molecule has 2 unspecified atom stereocenters. The molecule has 2 atom stereocenters. The molecule has 92 valence electrons. The molecule has 0 saturated carbocycles. The third-order valence-electron chi connectivity index (χ3n) is 4.08. The van der Waals surface area contributed by atoms with E-state index in [-0.39, 0.29) is 0 Å². The van der Waals surface area contributed by atoms with Crippen molar-refractivity contribution < 1.29 is 0 Å². The van der Waals surface area contributed by atoms with E-state index in [1.165, 1.54) is 6.42 Å². The summed E-state index contributed by atoms with van der Waals surface area (Å²) < 4.78 is 0. The maximum Gasteiger partial charge on any atom is -0.0342 e. The van der Waals surface area contributed by atoms with E-state index in [0.717, 1.165) is 35.5 Å². The average Bonchev–Trinajstić information content (AvgIpc) is 2.01. The molecule has 0 aromatic heterocycles. The van der Waals surface area contributed by atoms with E-state index in [2.05, 4.69) is 55.4 Å². The molecule has 0 bridgehead atoms. The van der Waals surface area contributed by atoms with Crippen LogP contribution in [0.2, 0.25) is 0 Å². The van der Waals surface area contributed by atoms with Crippen LogP contribution in [-0.4, -0.2) is 0 Å². The van der Waals surface area contributed by atoms with Gasteiger partial charge in [0.1, 0.15) is 0 Å². The van der Waals surface area contributed by atoms with Crippen LogP contribution < -0.4 is 0 Å². The smallest absolute Gasteiger partial charge is 0.0342 e. The van der Waals surface area contributed by atoms with Gasteiger partial charge in [-0.3, -0.25) is 0 Å². The molecule has 0 N–H and O–H groups in total. The van der Waals surface area contributed by atoms with Crippen molar-refractivity contribution in [1.82, 2.24) is 0 Å². The first-order chi connectivity index (χ1) is 6.77. The van der Waals surface area contributed by atoms with E-state index >= 15 is 0 Å². The van der Waals surface area contributed by atoms with Crippen molar-refractivity contribution >= 4 is 0 Å². The van der Waals surface area contributed by atoms with Crippen molar-refractivity contribution in [1.29, 1.82) is 0 Å². The standard InChI is InChI=1S/C15H32/c1-10(2)13(7)9-14(8)15(11(3)4)12(5)6/h10-15H,9H2,1-8H3. The summed E-state index contributed by atoms with van der Waals surface area (Å²) in [5, 5.41) is 0. The van der Waals surface area contributed by atoms with E-state index in [4.69, 9.17) is 0 Å². The molecule has 0 rings (SSSR count). The van der Waals surface area contributed by atoms with Crippen LogP contribution in [0.15, 0.2) is 0 Å². The van der Waals surface area contributed by atoms with Gasteiger partial charge in [0.25, 0.3) is 0 Å². The highest BCUT2D eigenvalue weighted by Crippen LogP contribution is 2.33. The van der Waals surface area contributed by atoms with E-state index in [1.807, 2.05) is 0 Å². The van der Waals surface area contributed by atoms with E-state index < -0.39 is 0 Å². The third kappa shape index (κ3) is 5.04. The summed E-state index contributed by atoms with van der Waals surface area (Å²) >= 11 is 0. The molecule has 0 spiro atoms. The Hall–Kier alpha value is 0. The normalized spacial score (nSPS) is 16.8. The SMILES string of the molecule is CC(C)C(C)CC(C)C(C(C)C)C(C)C. The van der Waals surface area contributed by atoms with Crippen molar-refractivity contribution in [3.63, 3.8) is 0 Å². The lowest BCUT2D eigenvalue weighted by Gasteiger charge is -2.33. The van der Waals surface area contributed by atoms with Crippen LogP contribution in [0.25, 0.3) is 0 Å². The molecule has 0 nitrogen and oxygen atoms in total. The van der Waals surface area contributed by atoms with Gasteiger partial charge in [-0.1, -0.05) is 55.4 Å². The summed E-state index contributed by atoms with van der Waals surface area (Å²) in [5.74, 6) is 5.07. The first-order valence-corrected chi connectivity index (χ1v) is 6.77. The van der Waals surface area contributed by atoms with Crippen LogP contribution in [0, 0.1) is 35.5 Å². The molecule has 0 radical (unpaired) electrons. The highest BCUT2D eigenvalue weighted by molar-refractivity contribution is 4.75. The molecule has 0 aliphatic carbocycles. The van der Waals surface area contributed by atoms with E-state index in [9.17, 15) is 0 Å². The second-order valence-corrected chi connectivity index (χ2v) is 6.50. The lowest BCUT2D eigenvalue weighted by atomic mass is 9.72. The Morgan fingerprint density at radius 1 is 0.533 bits per heavy atom. The molecule has 0 aliphatic heterocycles. The number of hydrogen-bond acceptors (Lipinski definition) is 0. The zero-order valence-electron chi connectivity index (χ0n) is 12.2. The Morgan fingerprint density at radius 2 is 0.933 bits per heavy atom. The molecular weight excluding hydrogens is 180 g/mol. The fourth-order valence-corrected chi connectivity index (χ4v) is 3.10. The lowest BCUT2D eigenvalue weighted by molar-refractivity contribution is 0.163. The molecule has 0 heterocycles. The van der Waals surface area contributed by atoms with Gasteiger partial charge in [-0.15, -0.1) is 0 Å². The number of rotatable bonds is 6. The maximum atomic E-state index is 2.45. The van der Waals surface area contributed by atoms with Crippen LogP contribution in [0.1, 0.15) is 61.8 Å². The molecule has 0 aromatic rings. The monoisotopic (exact) mass is 212 g/mol. The zero-order chi connectivity index (χ0) is 12.2. The topological polar surface area (TPSA) is 0 Å². The molecule has 0 fully saturated rings. The summed E-state index contributed by atoms with van der Waals surface area (Å²) in [6.07, 6.45) is 1.39. The van der Waals surface area contributed by atoms with Crippen molar-refractivity contribution in [2.75, 3.05) is 0 Å². The minimum Gasteiger partial charge on any atom is -0.0625 e. The Balaban J connectivity index is 4.32. The predicted molar refractivity (Wildman–Crippen MR) is 70.9 cm³/mol. The summed E-state index contributed by atoms with van der Waals surface area (Å²) in [6, 6.07) is 0. The largest absolute Gasteiger partial charge is 0.0625 e. The minimum atomic E-state index is 0.819. The van der Waals surface area contributed by atoms with Crippen LogP contribution >= 0.6 is 0 Å². The van der Waals surface area contributed by atoms with Crippen LogP contribution in [-0.2, 0) is 0 Å². The zero-order valence-corrected chi connectivity index (χ0v) is 12.2. The van der Waals surface area contributed by atoms with Crippen LogP contribution in [0.4, 0.5) is 0 Å². The molecule has 0 aliphatic rings. The summed E-state index contributed by atoms with van der Waals surface area (Å²) in [4.78, 5) is 0. The highest BCUT2D eigenvalue weighted by Gasteiger charge is 2.25. The maximum absolute atomic E-state index is 2.45. The second-order valence-electron chi connectivity index (χ2n) is 6.50. The van der Waals surface area contributed by atoms with Gasteiger partial charge in [-0.05, 0) is 41.9 Å². The average molecular weight is 212 g/mol. The van der Waals surface area contributed by atoms with Crippen LogP contribution in [0.5, 0.6) is 0 Å². The lowest BCUT2D eigenvalue weighted by Crippen LogP contribution is -2.25. The summed E-state index contributed by atoms with van der Waals surface area (Å²) in [6.45, 7) is 19.0. The Morgan fingerprint density at radius 3 is 1.20 bits per heavy atom. The Kier molecular flexibility index (Phi) is 6.55. The van der Waals surface area contributed by atoms with Crippen molar-refractivity contribution in [3.8, 4) is 0 Å². The van der Waals surface area contributed by atoms with Crippen LogP contribution in [0.3, 0.4) is 0 Å². The van der Waals surface area contributed by atoms with Gasteiger partial charge < -0.3 is 0 Å². The van der Waals surface area contributed by atoms with Gasteiger partial charge in [0.2, 0.25) is 0 Å². The molecule has 0 saturated heterocycles. The quantitative estimate of drug-likeness (QED) is 0.565. The fraction of sp³-hybridized carbons (Fsp3) is 1.00. The molecule has 0 amide bonds. The molecule has 0 heteroatoms. The predicted octanol–water partition coefficient (Wildman–Crippen LogP) is 5.23. The molecule has 15 heavy (non-hydrogen) atoms. The molecule has 0 aromatic carbocycles. The van der Waals surface area contributed by atoms with Gasteiger partial charge in [0, 0.05) is 0 Å².